The average Bonchev–Trinajstić information content (AvgIpc) is 3.20. The number of halogens is 3. The molecule has 2 aromatic rings. The Labute approximate surface area is 176 Å². The Morgan fingerprint density at radius 2 is 1.94 bits per heavy atom. The van der Waals surface area contributed by atoms with E-state index in [1.54, 1.807) is 20.8 Å². The molecule has 1 atom stereocenters. The van der Waals surface area contributed by atoms with E-state index in [9.17, 15) is 18.0 Å². The van der Waals surface area contributed by atoms with E-state index in [-0.39, 0.29) is 40.8 Å². The number of benzene rings is 1. The van der Waals surface area contributed by atoms with Gasteiger partial charge in [0.1, 0.15) is 29.7 Å². The molecule has 0 aliphatic carbocycles. The first kappa shape index (κ1) is 22.2. The fourth-order valence-electron chi connectivity index (χ4n) is 3.02. The summed E-state index contributed by atoms with van der Waals surface area (Å²) in [7, 11) is 0. The van der Waals surface area contributed by atoms with E-state index in [1.165, 1.54) is 18.6 Å². The molecule has 0 spiro atoms. The van der Waals surface area contributed by atoms with Gasteiger partial charge >= 0.3 is 12.1 Å². The van der Waals surface area contributed by atoms with Crippen molar-refractivity contribution >= 4 is 17.5 Å². The average molecular weight is 438 g/mol. The molecule has 3 N–H and O–H groups in total. The molecule has 0 radical (unpaired) electrons. The highest BCUT2D eigenvalue weighted by Gasteiger charge is 2.33. The normalized spacial score (nSPS) is 14.6. The van der Waals surface area contributed by atoms with E-state index in [1.807, 2.05) is 0 Å². The summed E-state index contributed by atoms with van der Waals surface area (Å²) in [5, 5.41) is 3.02. The summed E-state index contributed by atoms with van der Waals surface area (Å²) < 4.78 is 55.3. The fraction of sp³-hybridized carbons (Fsp3) is 0.350. The smallest absolute Gasteiger partial charge is 0.416 e. The number of alkyl halides is 3. The minimum atomic E-state index is -4.55. The van der Waals surface area contributed by atoms with Crippen LogP contribution in [0.2, 0.25) is 0 Å². The van der Waals surface area contributed by atoms with Gasteiger partial charge in [0.15, 0.2) is 5.69 Å². The van der Waals surface area contributed by atoms with E-state index >= 15 is 0 Å². The molecule has 166 valence electrons. The molecule has 3 rings (SSSR count). The van der Waals surface area contributed by atoms with E-state index in [0.717, 1.165) is 12.1 Å². The van der Waals surface area contributed by atoms with Crippen LogP contribution in [-0.2, 0) is 20.4 Å². The Morgan fingerprint density at radius 1 is 1.26 bits per heavy atom. The number of carbonyl (C=O) groups is 1. The first-order valence-electron chi connectivity index (χ1n) is 9.36. The number of nitrogen functional groups attached to an aromatic ring is 1. The van der Waals surface area contributed by atoms with Crippen molar-refractivity contribution in [3.8, 4) is 0 Å². The second-order valence-corrected chi connectivity index (χ2v) is 6.73. The highest BCUT2D eigenvalue weighted by Crippen LogP contribution is 2.36. The van der Waals surface area contributed by atoms with Crippen molar-refractivity contribution in [2.75, 3.05) is 17.7 Å². The molecule has 0 fully saturated rings. The van der Waals surface area contributed by atoms with Gasteiger partial charge < -0.3 is 25.3 Å². The van der Waals surface area contributed by atoms with Crippen LogP contribution in [0, 0.1) is 6.92 Å². The predicted octanol–water partition coefficient (Wildman–Crippen LogP) is 4.25. The monoisotopic (exact) mass is 438 g/mol. The van der Waals surface area contributed by atoms with Gasteiger partial charge in [-0.1, -0.05) is 0 Å². The number of ether oxygens (including phenoxy) is 3. The van der Waals surface area contributed by atoms with Gasteiger partial charge in [-0.15, -0.1) is 0 Å². The Hall–Kier alpha value is -3.50. The maximum absolute atomic E-state index is 13.2. The highest BCUT2D eigenvalue weighted by atomic mass is 19.4. The lowest BCUT2D eigenvalue weighted by Crippen LogP contribution is -2.20. The predicted molar refractivity (Wildman–Crippen MR) is 105 cm³/mol. The summed E-state index contributed by atoms with van der Waals surface area (Å²) >= 11 is 0. The number of nitrogens with zero attached hydrogens (tertiary/aromatic N) is 2. The van der Waals surface area contributed by atoms with Crippen LogP contribution in [0.5, 0.6) is 0 Å². The summed E-state index contributed by atoms with van der Waals surface area (Å²) in [5.41, 5.74) is 5.15. The lowest BCUT2D eigenvalue weighted by Gasteiger charge is -2.22. The van der Waals surface area contributed by atoms with Gasteiger partial charge in [-0.3, -0.25) is 0 Å². The van der Waals surface area contributed by atoms with Crippen LogP contribution in [-0.4, -0.2) is 22.5 Å². The molecular weight excluding hydrogens is 417 g/mol. The summed E-state index contributed by atoms with van der Waals surface area (Å²) in [6.07, 6.45) is -2.99. The largest absolute Gasteiger partial charge is 0.461 e. The Balaban J connectivity index is 2.02. The first-order valence-corrected chi connectivity index (χ1v) is 9.36. The SMILES string of the molecule is CCOC(=O)c1nc(C)nc(N[C@H](C)c2cc(N)cc(C(F)(F)F)c2)c1C1OC=CO1. The number of nitrogens with two attached hydrogens (primary N) is 1. The van der Waals surface area contributed by atoms with Crippen molar-refractivity contribution in [2.24, 2.45) is 0 Å². The van der Waals surface area contributed by atoms with Crippen LogP contribution in [0.1, 0.15) is 59.2 Å². The van der Waals surface area contributed by atoms with Gasteiger partial charge in [-0.25, -0.2) is 14.8 Å². The molecule has 0 unspecified atom stereocenters. The minimum absolute atomic E-state index is 0.0311. The number of hydrogen-bond acceptors (Lipinski definition) is 8. The zero-order valence-corrected chi connectivity index (χ0v) is 17.0. The van der Waals surface area contributed by atoms with E-state index in [0.29, 0.717) is 0 Å². The van der Waals surface area contributed by atoms with Crippen LogP contribution in [0.25, 0.3) is 0 Å². The maximum atomic E-state index is 13.2. The van der Waals surface area contributed by atoms with Gasteiger partial charge in [0.25, 0.3) is 6.29 Å². The summed E-state index contributed by atoms with van der Waals surface area (Å²) in [4.78, 5) is 20.9. The third-order valence-electron chi connectivity index (χ3n) is 4.38. The molecule has 0 saturated carbocycles. The highest BCUT2D eigenvalue weighted by molar-refractivity contribution is 5.90. The van der Waals surface area contributed by atoms with Crippen molar-refractivity contribution in [1.29, 1.82) is 0 Å². The Bertz CT molecular complexity index is 1000. The van der Waals surface area contributed by atoms with Crippen LogP contribution in [0.4, 0.5) is 24.7 Å². The van der Waals surface area contributed by atoms with Crippen molar-refractivity contribution < 1.29 is 32.2 Å². The topological polar surface area (TPSA) is 109 Å². The van der Waals surface area contributed by atoms with E-state index in [4.69, 9.17) is 19.9 Å². The third-order valence-corrected chi connectivity index (χ3v) is 4.38. The number of rotatable bonds is 6. The number of carbonyl (C=O) groups excluding carboxylic acids is 1. The van der Waals surface area contributed by atoms with Crippen molar-refractivity contribution in [1.82, 2.24) is 9.97 Å². The molecule has 0 saturated heterocycles. The van der Waals surface area contributed by atoms with Gasteiger partial charge in [-0.05, 0) is 44.5 Å². The van der Waals surface area contributed by atoms with Gasteiger partial charge in [0, 0.05) is 5.69 Å². The number of esters is 1. The van der Waals surface area contributed by atoms with Crippen LogP contribution in [0.15, 0.2) is 30.7 Å². The minimum Gasteiger partial charge on any atom is -0.461 e. The van der Waals surface area contributed by atoms with Crippen LogP contribution >= 0.6 is 0 Å². The lowest BCUT2D eigenvalue weighted by molar-refractivity contribution is -0.137. The fourth-order valence-corrected chi connectivity index (χ4v) is 3.02. The molecule has 8 nitrogen and oxygen atoms in total. The molecule has 1 aromatic heterocycles. The van der Waals surface area contributed by atoms with E-state index < -0.39 is 30.0 Å². The second kappa shape index (κ2) is 8.70. The van der Waals surface area contributed by atoms with Gasteiger partial charge in [0.05, 0.1) is 18.2 Å². The second-order valence-electron chi connectivity index (χ2n) is 6.73. The summed E-state index contributed by atoms with van der Waals surface area (Å²) in [6.45, 7) is 4.97. The summed E-state index contributed by atoms with van der Waals surface area (Å²) in [6, 6.07) is 2.62. The molecule has 0 amide bonds. The Morgan fingerprint density at radius 3 is 2.55 bits per heavy atom. The van der Waals surface area contributed by atoms with E-state index in [2.05, 4.69) is 15.3 Å². The van der Waals surface area contributed by atoms with Crippen LogP contribution in [0.3, 0.4) is 0 Å². The standard InChI is InChI=1S/C20H21F3N4O4/c1-4-29-18(28)16-15(19-30-5-6-31-19)17(27-11(3)26-16)25-10(2)12-7-13(20(21,22)23)9-14(24)8-12/h5-10,19H,4,24H2,1-3H3,(H,25,26,27)/t10-/m1/s1. The zero-order chi connectivity index (χ0) is 22.8. The summed E-state index contributed by atoms with van der Waals surface area (Å²) in [5.74, 6) is -0.301. The molecule has 11 heteroatoms. The number of hydrogen-bond donors (Lipinski definition) is 2. The van der Waals surface area contributed by atoms with Gasteiger partial charge in [-0.2, -0.15) is 13.2 Å². The van der Waals surface area contributed by atoms with Crippen molar-refractivity contribution in [2.45, 2.75) is 39.3 Å². The molecule has 2 heterocycles. The number of aryl methyl sites for hydroxylation is 1. The number of aromatic nitrogens is 2. The lowest BCUT2D eigenvalue weighted by atomic mass is 10.0. The van der Waals surface area contributed by atoms with Crippen molar-refractivity contribution in [3.05, 3.63) is 58.9 Å². The first-order chi connectivity index (χ1) is 14.6. The quantitative estimate of drug-likeness (QED) is 0.509. The van der Waals surface area contributed by atoms with Crippen LogP contribution < -0.4 is 11.1 Å². The third kappa shape index (κ3) is 4.98. The maximum Gasteiger partial charge on any atom is 0.416 e. The molecule has 1 aliphatic heterocycles. The Kier molecular flexibility index (Phi) is 6.23. The van der Waals surface area contributed by atoms with Gasteiger partial charge in [0.2, 0.25) is 0 Å². The van der Waals surface area contributed by atoms with Crippen molar-refractivity contribution in [3.63, 3.8) is 0 Å². The molecular formula is C20H21F3N4O4. The molecule has 0 bridgehead atoms. The number of anilines is 2. The zero-order valence-electron chi connectivity index (χ0n) is 17.0. The molecule has 1 aliphatic rings. The number of nitrogens with one attached hydrogen (secondary N) is 1. The molecule has 1 aromatic carbocycles. The molecule has 31 heavy (non-hydrogen) atoms.